The average Bonchev–Trinajstić information content (AvgIpc) is 2.70. The van der Waals surface area contributed by atoms with Gasteiger partial charge in [-0.25, -0.2) is 9.59 Å². The van der Waals surface area contributed by atoms with Gasteiger partial charge < -0.3 is 14.8 Å². The summed E-state index contributed by atoms with van der Waals surface area (Å²) in [6.07, 6.45) is -0.878. The molecule has 138 valence electrons. The normalized spacial score (nSPS) is 11.0. The summed E-state index contributed by atoms with van der Waals surface area (Å²) in [5.41, 5.74) is 0.294. The second-order valence-corrected chi connectivity index (χ2v) is 5.33. The van der Waals surface area contributed by atoms with Crippen LogP contribution in [0.2, 0.25) is 0 Å². The fraction of sp³-hybridized carbons (Fsp3) is 0.167. The van der Waals surface area contributed by atoms with Crippen LogP contribution in [0, 0.1) is 21.4 Å². The second kappa shape index (κ2) is 8.96. The molecule has 2 aromatic rings. The first kappa shape index (κ1) is 19.4. The molecule has 0 bridgehead atoms. The summed E-state index contributed by atoms with van der Waals surface area (Å²) in [7, 11) is 1.13. The van der Waals surface area contributed by atoms with Crippen molar-refractivity contribution in [1.82, 2.24) is 5.32 Å². The summed E-state index contributed by atoms with van der Waals surface area (Å²) in [4.78, 5) is 34.0. The molecule has 27 heavy (non-hydrogen) atoms. The number of ether oxygens (including phenoxy) is 2. The third-order valence-corrected chi connectivity index (χ3v) is 3.51. The molecule has 1 N–H and O–H groups in total. The Morgan fingerprint density at radius 2 is 1.96 bits per heavy atom. The van der Waals surface area contributed by atoms with Gasteiger partial charge in [0.2, 0.25) is 0 Å². The predicted octanol–water partition coefficient (Wildman–Crippen LogP) is 2.87. The van der Waals surface area contributed by atoms with Crippen LogP contribution in [0.3, 0.4) is 0 Å². The molecule has 9 nitrogen and oxygen atoms in total. The quantitative estimate of drug-likeness (QED) is 0.470. The van der Waals surface area contributed by atoms with Gasteiger partial charge in [-0.05, 0) is 17.2 Å². The number of hydrogen-bond donors (Lipinski definition) is 1. The summed E-state index contributed by atoms with van der Waals surface area (Å²) in [5, 5.41) is 22.7. The Morgan fingerprint density at radius 1 is 1.26 bits per heavy atom. The maximum absolute atomic E-state index is 11.9. The van der Waals surface area contributed by atoms with Gasteiger partial charge in [0, 0.05) is 12.1 Å². The Bertz CT molecular complexity index is 892. The van der Waals surface area contributed by atoms with Crippen molar-refractivity contribution in [3.63, 3.8) is 0 Å². The van der Waals surface area contributed by atoms with Gasteiger partial charge in [-0.15, -0.1) is 0 Å². The number of methoxy groups -OCH3 is 1. The number of hydrogen-bond acceptors (Lipinski definition) is 7. The van der Waals surface area contributed by atoms with E-state index in [4.69, 9.17) is 4.74 Å². The van der Waals surface area contributed by atoms with Gasteiger partial charge >= 0.3 is 12.1 Å². The van der Waals surface area contributed by atoms with E-state index < -0.39 is 28.7 Å². The van der Waals surface area contributed by atoms with Crippen molar-refractivity contribution in [1.29, 1.82) is 5.26 Å². The highest BCUT2D eigenvalue weighted by Crippen LogP contribution is 2.23. The monoisotopic (exact) mass is 369 g/mol. The number of nitro groups is 1. The Kier molecular flexibility index (Phi) is 6.44. The van der Waals surface area contributed by atoms with Gasteiger partial charge in [0.05, 0.1) is 23.7 Å². The van der Waals surface area contributed by atoms with Crippen molar-refractivity contribution in [2.45, 2.75) is 12.6 Å². The molecule has 0 aromatic heterocycles. The molecule has 0 saturated heterocycles. The molecule has 0 fully saturated rings. The van der Waals surface area contributed by atoms with E-state index in [0.29, 0.717) is 0 Å². The lowest BCUT2D eigenvalue weighted by atomic mass is 10.0. The Balaban J connectivity index is 2.17. The third-order valence-electron chi connectivity index (χ3n) is 3.51. The maximum Gasteiger partial charge on any atom is 0.408 e. The topological polar surface area (TPSA) is 132 Å². The van der Waals surface area contributed by atoms with Gasteiger partial charge in [0.15, 0.2) is 0 Å². The van der Waals surface area contributed by atoms with Crippen LogP contribution in [0.5, 0.6) is 0 Å². The number of rotatable bonds is 6. The zero-order valence-corrected chi connectivity index (χ0v) is 14.2. The molecule has 2 aromatic carbocycles. The number of esters is 1. The Hall–Kier alpha value is -3.93. The lowest BCUT2D eigenvalue weighted by Gasteiger charge is -2.13. The van der Waals surface area contributed by atoms with Crippen LogP contribution in [-0.4, -0.2) is 24.1 Å². The number of alkyl carbamates (subject to hydrolysis) is 1. The number of nitro benzene ring substituents is 1. The highest BCUT2D eigenvalue weighted by Gasteiger charge is 2.21. The molecule has 0 saturated carbocycles. The second-order valence-electron chi connectivity index (χ2n) is 5.33. The first-order valence-electron chi connectivity index (χ1n) is 7.69. The standard InChI is InChI=1S/C18H15N3O6/c1-26-17(22)14-7-13(8-15(9-14)21(24)25)16(10-19)20-18(23)27-11-12-5-3-2-4-6-12/h2-9,16H,11H2,1H3,(H,20,23). The number of carbonyl (C=O) groups excluding carboxylic acids is 2. The van der Waals surface area contributed by atoms with Crippen LogP contribution in [-0.2, 0) is 16.1 Å². The molecule has 1 amide bonds. The molecule has 0 aliphatic carbocycles. The summed E-state index contributed by atoms with van der Waals surface area (Å²) in [5.74, 6) is -0.803. The van der Waals surface area contributed by atoms with Crippen LogP contribution < -0.4 is 5.32 Å². The summed E-state index contributed by atoms with van der Waals surface area (Å²) in [6, 6.07) is 12.8. The number of nitrogens with zero attached hydrogens (tertiary/aromatic N) is 2. The zero-order valence-electron chi connectivity index (χ0n) is 14.2. The molecule has 9 heteroatoms. The molecule has 0 aliphatic heterocycles. The van der Waals surface area contributed by atoms with Crippen LogP contribution in [0.15, 0.2) is 48.5 Å². The maximum atomic E-state index is 11.9. The van der Waals surface area contributed by atoms with Crippen LogP contribution in [0.1, 0.15) is 27.5 Å². The number of carbonyl (C=O) groups is 2. The smallest absolute Gasteiger partial charge is 0.408 e. The lowest BCUT2D eigenvalue weighted by molar-refractivity contribution is -0.385. The van der Waals surface area contributed by atoms with E-state index in [1.807, 2.05) is 12.1 Å². The van der Waals surface area contributed by atoms with Crippen molar-refractivity contribution in [2.75, 3.05) is 7.11 Å². The molecule has 1 unspecified atom stereocenters. The minimum atomic E-state index is -1.25. The van der Waals surface area contributed by atoms with Crippen LogP contribution in [0.25, 0.3) is 0 Å². The first-order valence-corrected chi connectivity index (χ1v) is 7.69. The van der Waals surface area contributed by atoms with E-state index >= 15 is 0 Å². The molecular formula is C18H15N3O6. The van der Waals surface area contributed by atoms with Gasteiger partial charge in [-0.3, -0.25) is 10.1 Å². The largest absolute Gasteiger partial charge is 0.465 e. The number of nitrogens with one attached hydrogen (secondary N) is 1. The van der Waals surface area contributed by atoms with E-state index in [-0.39, 0.29) is 17.7 Å². The van der Waals surface area contributed by atoms with E-state index in [9.17, 15) is 25.0 Å². The minimum Gasteiger partial charge on any atom is -0.465 e. The Labute approximate surface area is 154 Å². The van der Waals surface area contributed by atoms with Crippen molar-refractivity contribution in [3.05, 3.63) is 75.3 Å². The first-order chi connectivity index (χ1) is 12.9. The highest BCUT2D eigenvalue weighted by atomic mass is 16.6. The number of non-ortho nitro benzene ring substituents is 1. The molecule has 0 heterocycles. The third kappa shape index (κ3) is 5.27. The van der Waals surface area contributed by atoms with Gasteiger partial charge in [0.1, 0.15) is 12.6 Å². The van der Waals surface area contributed by atoms with E-state index in [2.05, 4.69) is 10.1 Å². The van der Waals surface area contributed by atoms with Crippen molar-refractivity contribution < 1.29 is 24.0 Å². The van der Waals surface area contributed by atoms with E-state index in [0.717, 1.165) is 24.8 Å². The SMILES string of the molecule is COC(=O)c1cc(C(C#N)NC(=O)OCc2ccccc2)cc([N+](=O)[O-])c1. The molecular weight excluding hydrogens is 354 g/mol. The summed E-state index contributed by atoms with van der Waals surface area (Å²) >= 11 is 0. The van der Waals surface area contributed by atoms with Crippen LogP contribution in [0.4, 0.5) is 10.5 Å². The molecule has 0 spiro atoms. The van der Waals surface area contributed by atoms with Gasteiger partial charge in [-0.1, -0.05) is 30.3 Å². The number of nitriles is 1. The molecule has 2 rings (SSSR count). The van der Waals surface area contributed by atoms with Crippen LogP contribution >= 0.6 is 0 Å². The molecule has 0 aliphatic rings. The van der Waals surface area contributed by atoms with Gasteiger partial charge in [-0.2, -0.15) is 5.26 Å². The zero-order chi connectivity index (χ0) is 19.8. The van der Waals surface area contributed by atoms with E-state index in [1.54, 1.807) is 24.3 Å². The Morgan fingerprint density at radius 3 is 2.56 bits per heavy atom. The summed E-state index contributed by atoms with van der Waals surface area (Å²) < 4.78 is 9.58. The summed E-state index contributed by atoms with van der Waals surface area (Å²) in [6.45, 7) is -0.00678. The predicted molar refractivity (Wildman–Crippen MR) is 92.6 cm³/mol. The van der Waals surface area contributed by atoms with Crippen molar-refractivity contribution in [3.8, 4) is 6.07 Å². The highest BCUT2D eigenvalue weighted by molar-refractivity contribution is 5.90. The lowest BCUT2D eigenvalue weighted by Crippen LogP contribution is -2.28. The number of benzene rings is 2. The fourth-order valence-electron chi connectivity index (χ4n) is 2.22. The molecule has 0 radical (unpaired) electrons. The van der Waals surface area contributed by atoms with Gasteiger partial charge in [0.25, 0.3) is 5.69 Å². The fourth-order valence-corrected chi connectivity index (χ4v) is 2.22. The number of amides is 1. The van der Waals surface area contributed by atoms with E-state index in [1.165, 1.54) is 6.07 Å². The van der Waals surface area contributed by atoms with Crippen molar-refractivity contribution >= 4 is 17.7 Å². The minimum absolute atomic E-state index is 0.00678. The average molecular weight is 369 g/mol. The van der Waals surface area contributed by atoms with Crippen molar-refractivity contribution in [2.24, 2.45) is 0 Å². The molecule has 1 atom stereocenters.